The number of aryl methyl sites for hydroxylation is 1. The number of rotatable bonds is 12. The van der Waals surface area contributed by atoms with Gasteiger partial charge in [-0.2, -0.15) is 0 Å². The first-order valence-electron chi connectivity index (χ1n) is 13.8. The van der Waals surface area contributed by atoms with E-state index in [0.717, 1.165) is 15.4 Å². The van der Waals surface area contributed by atoms with E-state index in [-0.39, 0.29) is 29.1 Å². The molecule has 4 aromatic carbocycles. The lowest BCUT2D eigenvalue weighted by atomic mass is 10.0. The van der Waals surface area contributed by atoms with E-state index in [1.165, 1.54) is 41.3 Å². The van der Waals surface area contributed by atoms with Crippen LogP contribution in [-0.2, 0) is 32.6 Å². The second kappa shape index (κ2) is 14.3. The summed E-state index contributed by atoms with van der Waals surface area (Å²) in [5.74, 6) is -1.67. The molecule has 0 bridgehead atoms. The van der Waals surface area contributed by atoms with Gasteiger partial charge in [-0.05, 0) is 55.3 Å². The van der Waals surface area contributed by atoms with Gasteiger partial charge in [-0.15, -0.1) is 0 Å². The summed E-state index contributed by atoms with van der Waals surface area (Å²) in [6.45, 7) is 2.94. The minimum atomic E-state index is -4.26. The van der Waals surface area contributed by atoms with Gasteiger partial charge in [0.1, 0.15) is 18.4 Å². The molecule has 0 saturated carbocycles. The molecule has 4 rings (SSSR count). The molecule has 0 saturated heterocycles. The summed E-state index contributed by atoms with van der Waals surface area (Å²) in [5, 5.41) is 3.11. The highest BCUT2D eigenvalue weighted by atomic mass is 35.5. The van der Waals surface area contributed by atoms with Crippen LogP contribution in [0.15, 0.2) is 108 Å². The highest BCUT2D eigenvalue weighted by molar-refractivity contribution is 7.92. The summed E-state index contributed by atoms with van der Waals surface area (Å²) in [4.78, 5) is 29.0. The third kappa shape index (κ3) is 7.80. The van der Waals surface area contributed by atoms with Crippen molar-refractivity contribution in [1.82, 2.24) is 10.2 Å². The van der Waals surface area contributed by atoms with Gasteiger partial charge in [0, 0.05) is 30.1 Å². The second-order valence-electron chi connectivity index (χ2n) is 9.97. The average Bonchev–Trinajstić information content (AvgIpc) is 3.01. The molecule has 0 fully saturated rings. The lowest BCUT2D eigenvalue weighted by molar-refractivity contribution is -0.140. The third-order valence-corrected chi connectivity index (χ3v) is 9.17. The van der Waals surface area contributed by atoms with Gasteiger partial charge in [0.15, 0.2) is 0 Å². The van der Waals surface area contributed by atoms with Crippen molar-refractivity contribution in [3.05, 3.63) is 131 Å². The van der Waals surface area contributed by atoms with E-state index in [4.69, 9.17) is 11.6 Å². The van der Waals surface area contributed by atoms with Gasteiger partial charge in [-0.1, -0.05) is 84.4 Å². The van der Waals surface area contributed by atoms with Crippen LogP contribution in [0.2, 0.25) is 5.02 Å². The molecule has 0 spiro atoms. The van der Waals surface area contributed by atoms with E-state index >= 15 is 0 Å². The second-order valence-corrected chi connectivity index (χ2v) is 12.2. The predicted molar refractivity (Wildman–Crippen MR) is 167 cm³/mol. The predicted octanol–water partition coefficient (Wildman–Crippen LogP) is 5.76. The van der Waals surface area contributed by atoms with E-state index in [0.29, 0.717) is 11.6 Å². The topological polar surface area (TPSA) is 86.8 Å². The summed E-state index contributed by atoms with van der Waals surface area (Å²) >= 11 is 6.38. The minimum Gasteiger partial charge on any atom is -0.355 e. The number of amides is 2. The molecule has 7 nitrogen and oxygen atoms in total. The lowest BCUT2D eigenvalue weighted by Gasteiger charge is -2.34. The van der Waals surface area contributed by atoms with E-state index in [9.17, 15) is 22.4 Å². The molecule has 0 aliphatic rings. The molecule has 0 aliphatic carbocycles. The van der Waals surface area contributed by atoms with E-state index < -0.39 is 40.2 Å². The molecular formula is C33H33ClFN3O4S. The Bertz CT molecular complexity index is 1670. The van der Waals surface area contributed by atoms with Crippen LogP contribution in [0.3, 0.4) is 0 Å². The smallest absolute Gasteiger partial charge is 0.264 e. The Kier molecular flexibility index (Phi) is 10.6. The van der Waals surface area contributed by atoms with Gasteiger partial charge in [0.05, 0.1) is 10.6 Å². The largest absolute Gasteiger partial charge is 0.355 e. The number of carbonyl (C=O) groups excluding carboxylic acids is 2. The Morgan fingerprint density at radius 3 is 2.16 bits per heavy atom. The maximum atomic E-state index is 14.9. The zero-order valence-electron chi connectivity index (χ0n) is 23.9. The lowest BCUT2D eigenvalue weighted by Crippen LogP contribution is -2.53. The van der Waals surface area contributed by atoms with E-state index in [2.05, 4.69) is 5.32 Å². The zero-order chi connectivity index (χ0) is 31.0. The van der Waals surface area contributed by atoms with Gasteiger partial charge >= 0.3 is 0 Å². The molecular weight excluding hydrogens is 589 g/mol. The molecule has 2 amide bonds. The van der Waals surface area contributed by atoms with Crippen LogP contribution in [0.5, 0.6) is 0 Å². The van der Waals surface area contributed by atoms with E-state index in [1.54, 1.807) is 50.2 Å². The van der Waals surface area contributed by atoms with Crippen LogP contribution in [0.1, 0.15) is 23.6 Å². The summed E-state index contributed by atoms with van der Waals surface area (Å²) in [7, 11) is -4.26. The van der Waals surface area contributed by atoms with Crippen molar-refractivity contribution in [3.63, 3.8) is 0 Å². The van der Waals surface area contributed by atoms with Crippen molar-refractivity contribution < 1.29 is 22.4 Å². The maximum absolute atomic E-state index is 14.9. The zero-order valence-corrected chi connectivity index (χ0v) is 25.5. The number of nitrogens with one attached hydrogen (secondary N) is 1. The van der Waals surface area contributed by atoms with Crippen LogP contribution in [0.4, 0.5) is 10.1 Å². The van der Waals surface area contributed by atoms with Gasteiger partial charge in [0.2, 0.25) is 11.8 Å². The molecule has 224 valence electrons. The molecule has 43 heavy (non-hydrogen) atoms. The van der Waals surface area contributed by atoms with E-state index in [1.807, 2.05) is 30.3 Å². The first kappa shape index (κ1) is 31.7. The number of halogens is 2. The summed E-state index contributed by atoms with van der Waals surface area (Å²) < 4.78 is 43.8. The van der Waals surface area contributed by atoms with Crippen molar-refractivity contribution in [2.45, 2.75) is 37.8 Å². The van der Waals surface area contributed by atoms with Crippen LogP contribution in [-0.4, -0.2) is 44.3 Å². The number of nitrogens with zero attached hydrogens (tertiary/aromatic N) is 2. The minimum absolute atomic E-state index is 0.0234. The fourth-order valence-corrected chi connectivity index (χ4v) is 6.24. The maximum Gasteiger partial charge on any atom is 0.264 e. The Hall–Kier alpha value is -4.21. The molecule has 1 atom stereocenters. The van der Waals surface area contributed by atoms with Gasteiger partial charge < -0.3 is 10.2 Å². The molecule has 4 aromatic rings. The SMILES string of the molecule is CCNC(=O)[C@H](Cc1ccccc1)N(Cc1ccccc1F)C(=O)CN(c1ccc(C)c(Cl)c1)S(=O)(=O)c1ccccc1. The highest BCUT2D eigenvalue weighted by Crippen LogP contribution is 2.29. The monoisotopic (exact) mass is 621 g/mol. The van der Waals surface area contributed by atoms with Gasteiger partial charge in [-0.3, -0.25) is 13.9 Å². The average molecular weight is 622 g/mol. The first-order chi connectivity index (χ1) is 20.6. The number of hydrogen-bond donors (Lipinski definition) is 1. The van der Waals surface area contributed by atoms with Crippen molar-refractivity contribution >= 4 is 39.1 Å². The molecule has 1 N–H and O–H groups in total. The number of benzene rings is 4. The Labute approximate surface area is 257 Å². The van der Waals surface area contributed by atoms with Crippen molar-refractivity contribution in [2.24, 2.45) is 0 Å². The van der Waals surface area contributed by atoms with Gasteiger partial charge in [-0.25, -0.2) is 12.8 Å². The fourth-order valence-electron chi connectivity index (χ4n) is 4.64. The Morgan fingerprint density at radius 2 is 1.53 bits per heavy atom. The summed E-state index contributed by atoms with van der Waals surface area (Å²) in [6.07, 6.45) is 0.134. The summed E-state index contributed by atoms with van der Waals surface area (Å²) in [6, 6.07) is 26.5. The normalized spacial score (nSPS) is 11.9. The van der Waals surface area contributed by atoms with Crippen LogP contribution >= 0.6 is 11.6 Å². The number of hydrogen-bond acceptors (Lipinski definition) is 4. The number of carbonyl (C=O) groups is 2. The Morgan fingerprint density at radius 1 is 0.907 bits per heavy atom. The Balaban J connectivity index is 1.81. The van der Waals surface area contributed by atoms with Crippen molar-refractivity contribution in [2.75, 3.05) is 17.4 Å². The molecule has 0 aromatic heterocycles. The van der Waals surface area contributed by atoms with Crippen LogP contribution in [0, 0.1) is 12.7 Å². The fraction of sp³-hybridized carbons (Fsp3) is 0.212. The number of likely N-dealkylation sites (N-methyl/N-ethyl adjacent to an activating group) is 1. The first-order valence-corrected chi connectivity index (χ1v) is 15.6. The number of sulfonamides is 1. The highest BCUT2D eigenvalue weighted by Gasteiger charge is 2.35. The summed E-state index contributed by atoms with van der Waals surface area (Å²) in [5.41, 5.74) is 1.88. The number of anilines is 1. The standard InChI is InChI=1S/C33H33ClFN3O4S/c1-3-36-33(40)31(20-25-12-6-4-7-13-25)37(22-26-14-10-11-17-30(26)35)32(39)23-38(27-19-18-24(2)29(34)21-27)43(41,42)28-15-8-5-9-16-28/h4-19,21,31H,3,20,22-23H2,1-2H3,(H,36,40)/t31-/m0/s1. The van der Waals surface area contributed by atoms with Gasteiger partial charge in [0.25, 0.3) is 10.0 Å². The quantitative estimate of drug-likeness (QED) is 0.218. The third-order valence-electron chi connectivity index (χ3n) is 6.97. The van der Waals surface area contributed by atoms with Crippen LogP contribution in [0.25, 0.3) is 0 Å². The molecule has 0 aliphatic heterocycles. The van der Waals surface area contributed by atoms with Crippen molar-refractivity contribution in [1.29, 1.82) is 0 Å². The molecule has 0 unspecified atom stereocenters. The van der Waals surface area contributed by atoms with Crippen molar-refractivity contribution in [3.8, 4) is 0 Å². The molecule has 10 heteroatoms. The van der Waals surface area contributed by atoms with Crippen LogP contribution < -0.4 is 9.62 Å². The molecule has 0 radical (unpaired) electrons. The molecule has 0 heterocycles.